The number of unbranched alkanes of at least 4 members (excludes halogenated alkanes) is 1. The SMILES string of the molecule is CN=C(NCCCCSC)NCCCOc1ccccc1C.I. The first-order valence-electron chi connectivity index (χ1n) is 7.90. The van der Waals surface area contributed by atoms with E-state index in [0.29, 0.717) is 6.61 Å². The van der Waals surface area contributed by atoms with Crippen LogP contribution in [-0.2, 0) is 0 Å². The Balaban J connectivity index is 0.00000484. The van der Waals surface area contributed by atoms with Crippen LogP contribution in [0.2, 0.25) is 0 Å². The van der Waals surface area contributed by atoms with Crippen molar-refractivity contribution in [3.05, 3.63) is 29.8 Å². The minimum Gasteiger partial charge on any atom is -0.493 e. The molecule has 0 aliphatic heterocycles. The fourth-order valence-electron chi connectivity index (χ4n) is 1.98. The van der Waals surface area contributed by atoms with E-state index in [1.54, 1.807) is 7.05 Å². The van der Waals surface area contributed by atoms with Crippen LogP contribution < -0.4 is 15.4 Å². The Kier molecular flexibility index (Phi) is 14.5. The van der Waals surface area contributed by atoms with Crippen LogP contribution in [0.4, 0.5) is 0 Å². The molecule has 0 unspecified atom stereocenters. The van der Waals surface area contributed by atoms with Crippen LogP contribution >= 0.6 is 35.7 Å². The van der Waals surface area contributed by atoms with Crippen LogP contribution in [0.5, 0.6) is 5.75 Å². The van der Waals surface area contributed by atoms with Crippen LogP contribution in [0.25, 0.3) is 0 Å². The highest BCUT2D eigenvalue weighted by Crippen LogP contribution is 2.15. The Bertz CT molecular complexity index is 444. The molecule has 1 aromatic rings. The van der Waals surface area contributed by atoms with E-state index in [1.807, 2.05) is 30.0 Å². The Hall–Kier alpha value is -0.630. The number of para-hydroxylation sites is 1. The number of ether oxygens (including phenoxy) is 1. The lowest BCUT2D eigenvalue weighted by molar-refractivity contribution is 0.309. The number of benzene rings is 1. The fourth-order valence-corrected chi connectivity index (χ4v) is 2.47. The van der Waals surface area contributed by atoms with Gasteiger partial charge in [0.25, 0.3) is 0 Å². The molecule has 132 valence electrons. The molecule has 0 fully saturated rings. The van der Waals surface area contributed by atoms with Crippen molar-refractivity contribution in [3.8, 4) is 5.75 Å². The molecule has 4 nitrogen and oxygen atoms in total. The van der Waals surface area contributed by atoms with E-state index in [-0.39, 0.29) is 24.0 Å². The molecule has 0 saturated carbocycles. The van der Waals surface area contributed by atoms with Gasteiger partial charge < -0.3 is 15.4 Å². The number of guanidine groups is 1. The summed E-state index contributed by atoms with van der Waals surface area (Å²) in [5, 5.41) is 6.65. The van der Waals surface area contributed by atoms with Gasteiger partial charge in [-0.25, -0.2) is 0 Å². The Labute approximate surface area is 162 Å². The topological polar surface area (TPSA) is 45.7 Å². The summed E-state index contributed by atoms with van der Waals surface area (Å²) in [4.78, 5) is 4.22. The molecule has 0 aromatic heterocycles. The lowest BCUT2D eigenvalue weighted by Gasteiger charge is -2.12. The second-order valence-electron chi connectivity index (χ2n) is 5.09. The van der Waals surface area contributed by atoms with Crippen LogP contribution in [0.15, 0.2) is 29.3 Å². The number of rotatable bonds is 10. The molecule has 0 aliphatic rings. The maximum Gasteiger partial charge on any atom is 0.190 e. The third kappa shape index (κ3) is 10.7. The maximum absolute atomic E-state index is 5.78. The van der Waals surface area contributed by atoms with E-state index in [0.717, 1.165) is 31.2 Å². The fraction of sp³-hybridized carbons (Fsp3) is 0.588. The summed E-state index contributed by atoms with van der Waals surface area (Å²) < 4.78 is 5.78. The first-order chi connectivity index (χ1) is 10.8. The highest BCUT2D eigenvalue weighted by atomic mass is 127. The second kappa shape index (κ2) is 14.9. The molecule has 0 heterocycles. The quantitative estimate of drug-likeness (QED) is 0.247. The predicted octanol–water partition coefficient (Wildman–Crippen LogP) is 3.69. The lowest BCUT2D eigenvalue weighted by atomic mass is 10.2. The molecule has 1 aromatic carbocycles. The zero-order valence-electron chi connectivity index (χ0n) is 14.4. The minimum atomic E-state index is 0. The number of aryl methyl sites for hydroxylation is 1. The molecule has 0 saturated heterocycles. The first kappa shape index (κ1) is 22.4. The highest BCUT2D eigenvalue weighted by Gasteiger charge is 1.99. The van der Waals surface area contributed by atoms with E-state index in [2.05, 4.69) is 34.9 Å². The smallest absolute Gasteiger partial charge is 0.190 e. The summed E-state index contributed by atoms with van der Waals surface area (Å²) in [6.45, 7) is 4.61. The van der Waals surface area contributed by atoms with Gasteiger partial charge in [-0.2, -0.15) is 11.8 Å². The molecule has 6 heteroatoms. The number of nitrogens with one attached hydrogen (secondary N) is 2. The molecule has 0 bridgehead atoms. The Morgan fingerprint density at radius 3 is 2.48 bits per heavy atom. The van der Waals surface area contributed by atoms with Gasteiger partial charge in [0.1, 0.15) is 5.75 Å². The zero-order chi connectivity index (χ0) is 16.0. The third-order valence-corrected chi connectivity index (χ3v) is 3.95. The van der Waals surface area contributed by atoms with Gasteiger partial charge in [-0.1, -0.05) is 18.2 Å². The van der Waals surface area contributed by atoms with Gasteiger partial charge in [0.2, 0.25) is 0 Å². The van der Waals surface area contributed by atoms with E-state index < -0.39 is 0 Å². The van der Waals surface area contributed by atoms with Crippen molar-refractivity contribution < 1.29 is 4.74 Å². The standard InChI is InChI=1S/C17H29N3OS.HI/c1-15-9-4-5-10-16(15)21-13-8-12-20-17(18-2)19-11-6-7-14-22-3;/h4-5,9-10H,6-8,11-14H2,1-3H3,(H2,18,19,20);1H. The molecular formula is C17H30IN3OS. The third-order valence-electron chi connectivity index (χ3n) is 3.26. The highest BCUT2D eigenvalue weighted by molar-refractivity contribution is 14.0. The summed E-state index contributed by atoms with van der Waals surface area (Å²) in [5.74, 6) is 3.07. The molecule has 0 aliphatic carbocycles. The van der Waals surface area contributed by atoms with E-state index in [1.165, 1.54) is 24.2 Å². The lowest BCUT2D eigenvalue weighted by Crippen LogP contribution is -2.38. The number of thioether (sulfide) groups is 1. The number of hydrogen-bond donors (Lipinski definition) is 2. The van der Waals surface area contributed by atoms with Gasteiger partial charge in [-0.05, 0) is 49.8 Å². The van der Waals surface area contributed by atoms with E-state index in [9.17, 15) is 0 Å². The van der Waals surface area contributed by atoms with Crippen LogP contribution in [-0.4, -0.2) is 44.7 Å². The van der Waals surface area contributed by atoms with Crippen molar-refractivity contribution in [1.29, 1.82) is 0 Å². The van der Waals surface area contributed by atoms with Crippen molar-refractivity contribution in [1.82, 2.24) is 10.6 Å². The summed E-state index contributed by atoms with van der Waals surface area (Å²) >= 11 is 1.90. The predicted molar refractivity (Wildman–Crippen MR) is 114 cm³/mol. The normalized spacial score (nSPS) is 10.8. The molecule has 0 amide bonds. The molecule has 1 rings (SSSR count). The number of aliphatic imine (C=N–C) groups is 1. The minimum absolute atomic E-state index is 0. The van der Waals surface area contributed by atoms with Crippen LogP contribution in [0.1, 0.15) is 24.8 Å². The first-order valence-corrected chi connectivity index (χ1v) is 9.29. The molecule has 0 radical (unpaired) electrons. The monoisotopic (exact) mass is 451 g/mol. The zero-order valence-corrected chi connectivity index (χ0v) is 17.6. The summed E-state index contributed by atoms with van der Waals surface area (Å²) in [7, 11) is 1.81. The van der Waals surface area contributed by atoms with Gasteiger partial charge in [-0.3, -0.25) is 4.99 Å². The number of hydrogen-bond acceptors (Lipinski definition) is 3. The maximum atomic E-state index is 5.78. The average molecular weight is 451 g/mol. The van der Waals surface area contributed by atoms with E-state index in [4.69, 9.17) is 4.74 Å². The van der Waals surface area contributed by atoms with Crippen molar-refractivity contribution >= 4 is 41.7 Å². The molecule has 0 spiro atoms. The van der Waals surface area contributed by atoms with Crippen molar-refractivity contribution in [2.75, 3.05) is 38.8 Å². The van der Waals surface area contributed by atoms with Crippen LogP contribution in [0.3, 0.4) is 0 Å². The van der Waals surface area contributed by atoms with Gasteiger partial charge >= 0.3 is 0 Å². The summed E-state index contributed by atoms with van der Waals surface area (Å²) in [5.41, 5.74) is 1.18. The largest absolute Gasteiger partial charge is 0.493 e. The van der Waals surface area contributed by atoms with Gasteiger partial charge in [0.05, 0.1) is 6.61 Å². The Morgan fingerprint density at radius 2 is 1.83 bits per heavy atom. The van der Waals surface area contributed by atoms with Crippen molar-refractivity contribution in [2.24, 2.45) is 4.99 Å². The van der Waals surface area contributed by atoms with Crippen LogP contribution in [0, 0.1) is 6.92 Å². The molecule has 23 heavy (non-hydrogen) atoms. The Morgan fingerprint density at radius 1 is 1.13 bits per heavy atom. The summed E-state index contributed by atoms with van der Waals surface area (Å²) in [6, 6.07) is 8.11. The average Bonchev–Trinajstić information content (AvgIpc) is 2.54. The summed E-state index contributed by atoms with van der Waals surface area (Å²) in [6.07, 6.45) is 5.52. The second-order valence-corrected chi connectivity index (χ2v) is 6.08. The van der Waals surface area contributed by atoms with Gasteiger partial charge in [0.15, 0.2) is 5.96 Å². The van der Waals surface area contributed by atoms with Gasteiger partial charge in [0, 0.05) is 20.1 Å². The molecule has 0 atom stereocenters. The van der Waals surface area contributed by atoms with E-state index >= 15 is 0 Å². The van der Waals surface area contributed by atoms with Crippen molar-refractivity contribution in [3.63, 3.8) is 0 Å². The number of halogens is 1. The number of nitrogens with zero attached hydrogens (tertiary/aromatic N) is 1. The molecular weight excluding hydrogens is 421 g/mol. The molecule has 2 N–H and O–H groups in total. The van der Waals surface area contributed by atoms with Crippen molar-refractivity contribution in [2.45, 2.75) is 26.2 Å². The van der Waals surface area contributed by atoms with Gasteiger partial charge in [-0.15, -0.1) is 24.0 Å².